The van der Waals surface area contributed by atoms with Gasteiger partial charge in [0.25, 0.3) is 0 Å². The van der Waals surface area contributed by atoms with E-state index in [0.717, 1.165) is 0 Å². The highest BCUT2D eigenvalue weighted by Gasteiger charge is 2.28. The Hall–Kier alpha value is -2.25. The van der Waals surface area contributed by atoms with Gasteiger partial charge in [0.2, 0.25) is 5.88 Å². The van der Waals surface area contributed by atoms with Crippen LogP contribution in [0, 0.1) is 0 Å². The molecule has 5 nitrogen and oxygen atoms in total. The van der Waals surface area contributed by atoms with Crippen LogP contribution in [-0.4, -0.2) is 33.2 Å². The van der Waals surface area contributed by atoms with Crippen molar-refractivity contribution in [3.8, 4) is 5.88 Å². The Morgan fingerprint density at radius 3 is 2.79 bits per heavy atom. The standard InChI is InChI=1S/C11H9F3N2O3/c12-11(13,14)4-6-19-9-8(10(17)18)16-5-2-1-3-7(16)15-9/h1-3,5H,4,6H2,(H,17,18). The third-order valence-electron chi connectivity index (χ3n) is 2.32. The number of ether oxygens (including phenoxy) is 1. The summed E-state index contributed by atoms with van der Waals surface area (Å²) >= 11 is 0. The van der Waals surface area contributed by atoms with E-state index in [4.69, 9.17) is 9.84 Å². The maximum absolute atomic E-state index is 12.0. The number of hydrogen-bond acceptors (Lipinski definition) is 3. The number of alkyl halides is 3. The molecule has 19 heavy (non-hydrogen) atoms. The second-order valence-corrected chi connectivity index (χ2v) is 3.71. The average molecular weight is 274 g/mol. The molecule has 8 heteroatoms. The largest absolute Gasteiger partial charge is 0.476 e. The first-order valence-corrected chi connectivity index (χ1v) is 5.28. The van der Waals surface area contributed by atoms with Crippen molar-refractivity contribution in [3.05, 3.63) is 30.1 Å². The highest BCUT2D eigenvalue weighted by Crippen LogP contribution is 2.23. The van der Waals surface area contributed by atoms with E-state index < -0.39 is 25.2 Å². The van der Waals surface area contributed by atoms with E-state index in [1.54, 1.807) is 12.1 Å². The number of carboxylic acids is 1. The fourth-order valence-corrected chi connectivity index (χ4v) is 1.53. The summed E-state index contributed by atoms with van der Waals surface area (Å²) < 4.78 is 42.1. The van der Waals surface area contributed by atoms with Crippen molar-refractivity contribution >= 4 is 11.6 Å². The molecule has 0 spiro atoms. The molecule has 2 rings (SSSR count). The molecule has 0 aromatic carbocycles. The lowest BCUT2D eigenvalue weighted by molar-refractivity contribution is -0.139. The topological polar surface area (TPSA) is 63.8 Å². The third kappa shape index (κ3) is 2.95. The molecule has 0 fully saturated rings. The number of aromatic nitrogens is 2. The van der Waals surface area contributed by atoms with Gasteiger partial charge in [0.1, 0.15) is 5.65 Å². The first kappa shape index (κ1) is 13.2. The van der Waals surface area contributed by atoms with Crippen molar-refractivity contribution in [3.63, 3.8) is 0 Å². The van der Waals surface area contributed by atoms with Gasteiger partial charge in [0, 0.05) is 6.20 Å². The van der Waals surface area contributed by atoms with E-state index in [-0.39, 0.29) is 11.6 Å². The minimum absolute atomic E-state index is 0.293. The van der Waals surface area contributed by atoms with E-state index in [0.29, 0.717) is 5.65 Å². The summed E-state index contributed by atoms with van der Waals surface area (Å²) in [5.41, 5.74) is -0.000293. The fraction of sp³-hybridized carbons (Fsp3) is 0.273. The molecule has 0 atom stereocenters. The molecule has 2 aromatic rings. The van der Waals surface area contributed by atoms with Gasteiger partial charge in [0.05, 0.1) is 13.0 Å². The maximum atomic E-state index is 12.0. The summed E-state index contributed by atoms with van der Waals surface area (Å²) in [6.45, 7) is -0.673. The van der Waals surface area contributed by atoms with E-state index >= 15 is 0 Å². The van der Waals surface area contributed by atoms with Gasteiger partial charge in [-0.2, -0.15) is 18.2 Å². The average Bonchev–Trinajstić information content (AvgIpc) is 2.65. The van der Waals surface area contributed by atoms with Crippen LogP contribution in [0.2, 0.25) is 0 Å². The van der Waals surface area contributed by atoms with Crippen molar-refractivity contribution < 1.29 is 27.8 Å². The quantitative estimate of drug-likeness (QED) is 0.929. The van der Waals surface area contributed by atoms with Gasteiger partial charge in [-0.15, -0.1) is 0 Å². The number of fused-ring (bicyclic) bond motifs is 1. The molecular formula is C11H9F3N2O3. The number of aromatic carboxylic acids is 1. The summed E-state index contributed by atoms with van der Waals surface area (Å²) in [6, 6.07) is 4.75. The van der Waals surface area contributed by atoms with Crippen LogP contribution in [0.25, 0.3) is 5.65 Å². The number of halogens is 3. The molecule has 1 N–H and O–H groups in total. The van der Waals surface area contributed by atoms with Gasteiger partial charge in [-0.3, -0.25) is 4.40 Å². The van der Waals surface area contributed by atoms with Gasteiger partial charge >= 0.3 is 12.1 Å². The Morgan fingerprint density at radius 2 is 2.16 bits per heavy atom. The molecule has 0 saturated carbocycles. The molecule has 0 aliphatic rings. The highest BCUT2D eigenvalue weighted by atomic mass is 19.4. The van der Waals surface area contributed by atoms with Crippen molar-refractivity contribution in [2.45, 2.75) is 12.6 Å². The Morgan fingerprint density at radius 1 is 1.42 bits per heavy atom. The number of nitrogens with zero attached hydrogens (tertiary/aromatic N) is 2. The molecule has 0 aliphatic heterocycles. The van der Waals surface area contributed by atoms with Gasteiger partial charge in [-0.1, -0.05) is 6.07 Å². The lowest BCUT2D eigenvalue weighted by atomic mass is 10.4. The number of hydrogen-bond donors (Lipinski definition) is 1. The van der Waals surface area contributed by atoms with E-state index in [1.807, 2.05) is 0 Å². The Labute approximate surface area is 105 Å². The zero-order chi connectivity index (χ0) is 14.0. The van der Waals surface area contributed by atoms with Gasteiger partial charge in [-0.25, -0.2) is 4.79 Å². The lowest BCUT2D eigenvalue weighted by Gasteiger charge is -2.06. The Balaban J connectivity index is 2.27. The zero-order valence-electron chi connectivity index (χ0n) is 9.52. The summed E-state index contributed by atoms with van der Waals surface area (Å²) in [4.78, 5) is 14.9. The van der Waals surface area contributed by atoms with Crippen LogP contribution in [0.4, 0.5) is 13.2 Å². The second-order valence-electron chi connectivity index (χ2n) is 3.71. The van der Waals surface area contributed by atoms with E-state index in [1.165, 1.54) is 16.7 Å². The molecule has 0 unspecified atom stereocenters. The second kappa shape index (κ2) is 4.79. The van der Waals surface area contributed by atoms with Crippen molar-refractivity contribution in [1.29, 1.82) is 0 Å². The van der Waals surface area contributed by atoms with Crippen LogP contribution < -0.4 is 4.74 Å². The predicted molar refractivity (Wildman–Crippen MR) is 58.3 cm³/mol. The lowest BCUT2D eigenvalue weighted by Crippen LogP contribution is -2.14. The molecular weight excluding hydrogens is 265 g/mol. The number of carbonyl (C=O) groups is 1. The van der Waals surface area contributed by atoms with Crippen LogP contribution in [0.1, 0.15) is 16.9 Å². The molecule has 0 aliphatic carbocycles. The fourth-order valence-electron chi connectivity index (χ4n) is 1.53. The Kier molecular flexibility index (Phi) is 3.32. The van der Waals surface area contributed by atoms with Crippen molar-refractivity contribution in [2.75, 3.05) is 6.61 Å². The van der Waals surface area contributed by atoms with Crippen molar-refractivity contribution in [1.82, 2.24) is 9.38 Å². The molecule has 2 heterocycles. The van der Waals surface area contributed by atoms with Crippen LogP contribution in [0.5, 0.6) is 5.88 Å². The van der Waals surface area contributed by atoms with E-state index in [9.17, 15) is 18.0 Å². The van der Waals surface area contributed by atoms with Crippen LogP contribution >= 0.6 is 0 Å². The number of pyridine rings is 1. The normalized spacial score (nSPS) is 11.7. The zero-order valence-corrected chi connectivity index (χ0v) is 9.52. The SMILES string of the molecule is O=C(O)c1c(OCCC(F)(F)F)nc2ccccn12. The van der Waals surface area contributed by atoms with Crippen molar-refractivity contribution in [2.24, 2.45) is 0 Å². The molecule has 102 valence electrons. The highest BCUT2D eigenvalue weighted by molar-refractivity contribution is 5.89. The molecule has 2 aromatic heterocycles. The van der Waals surface area contributed by atoms with Gasteiger partial charge in [0.15, 0.2) is 5.69 Å². The van der Waals surface area contributed by atoms with Gasteiger partial charge < -0.3 is 9.84 Å². The predicted octanol–water partition coefficient (Wildman–Crippen LogP) is 2.36. The number of carboxylic acid groups (broad SMARTS) is 1. The van der Waals surface area contributed by atoms with Gasteiger partial charge in [-0.05, 0) is 12.1 Å². The molecule has 0 radical (unpaired) electrons. The first-order valence-electron chi connectivity index (χ1n) is 5.28. The first-order chi connectivity index (χ1) is 8.88. The summed E-state index contributed by atoms with van der Waals surface area (Å²) in [7, 11) is 0. The molecule has 0 saturated heterocycles. The van der Waals surface area contributed by atoms with E-state index in [2.05, 4.69) is 4.98 Å². The number of rotatable bonds is 4. The maximum Gasteiger partial charge on any atom is 0.392 e. The molecule has 0 bridgehead atoms. The molecule has 0 amide bonds. The third-order valence-corrected chi connectivity index (χ3v) is 2.32. The minimum Gasteiger partial charge on any atom is -0.476 e. The summed E-state index contributed by atoms with van der Waals surface area (Å²) in [5.74, 6) is -1.64. The van der Waals surface area contributed by atoms with Crippen LogP contribution in [0.3, 0.4) is 0 Å². The smallest absolute Gasteiger partial charge is 0.392 e. The monoisotopic (exact) mass is 274 g/mol. The number of imidazole rings is 1. The Bertz CT molecular complexity index is 607. The minimum atomic E-state index is -4.36. The summed E-state index contributed by atoms with van der Waals surface area (Å²) in [5, 5.41) is 9.05. The van der Waals surface area contributed by atoms with Crippen LogP contribution in [0.15, 0.2) is 24.4 Å². The summed E-state index contributed by atoms with van der Waals surface area (Å²) in [6.07, 6.45) is -4.08. The van der Waals surface area contributed by atoms with Crippen LogP contribution in [-0.2, 0) is 0 Å².